The van der Waals surface area contributed by atoms with Crippen LogP contribution in [-0.4, -0.2) is 34.0 Å². The monoisotopic (exact) mass is 354 g/mol. The van der Waals surface area contributed by atoms with Crippen LogP contribution in [0.4, 0.5) is 10.5 Å². The van der Waals surface area contributed by atoms with Gasteiger partial charge in [-0.2, -0.15) is 0 Å². The van der Waals surface area contributed by atoms with Crippen molar-refractivity contribution in [3.63, 3.8) is 0 Å². The van der Waals surface area contributed by atoms with E-state index in [2.05, 4.69) is 15.3 Å². The van der Waals surface area contributed by atoms with Crippen molar-refractivity contribution in [1.82, 2.24) is 14.9 Å². The number of imidazole rings is 1. The predicted molar refractivity (Wildman–Crippen MR) is 100 cm³/mol. The summed E-state index contributed by atoms with van der Waals surface area (Å²) in [5.74, 6) is 1.33. The Kier molecular flexibility index (Phi) is 4.32. The largest absolute Gasteiger partial charge is 0.342 e. The zero-order valence-corrected chi connectivity index (χ0v) is 14.5. The van der Waals surface area contributed by atoms with Crippen LogP contribution in [0.1, 0.15) is 24.6 Å². The van der Waals surface area contributed by atoms with Crippen LogP contribution in [0.3, 0.4) is 0 Å². The van der Waals surface area contributed by atoms with Crippen LogP contribution in [0.15, 0.2) is 48.5 Å². The summed E-state index contributed by atoms with van der Waals surface area (Å²) < 4.78 is 0. The maximum Gasteiger partial charge on any atom is 0.321 e. The second-order valence-electron chi connectivity index (χ2n) is 6.34. The van der Waals surface area contributed by atoms with Crippen molar-refractivity contribution in [1.29, 1.82) is 0 Å². The lowest BCUT2D eigenvalue weighted by molar-refractivity contribution is 0.193. The molecule has 0 bridgehead atoms. The average Bonchev–Trinajstić information content (AvgIpc) is 3.06. The first kappa shape index (κ1) is 16.0. The van der Waals surface area contributed by atoms with Gasteiger partial charge in [-0.1, -0.05) is 29.8 Å². The number of carbonyl (C=O) groups excluding carboxylic acids is 1. The van der Waals surface area contributed by atoms with Gasteiger partial charge in [0.15, 0.2) is 0 Å². The lowest BCUT2D eigenvalue weighted by Crippen LogP contribution is -2.40. The highest BCUT2D eigenvalue weighted by Gasteiger charge is 2.25. The fourth-order valence-corrected chi connectivity index (χ4v) is 3.45. The molecule has 2 N–H and O–H groups in total. The molecule has 1 saturated heterocycles. The Hall–Kier alpha value is -2.53. The molecule has 1 aliphatic rings. The number of H-pyrrole nitrogens is 1. The highest BCUT2D eigenvalue weighted by molar-refractivity contribution is 6.31. The fourth-order valence-electron chi connectivity index (χ4n) is 3.27. The van der Waals surface area contributed by atoms with Crippen LogP contribution in [0, 0.1) is 0 Å². The van der Waals surface area contributed by atoms with Gasteiger partial charge in [-0.15, -0.1) is 0 Å². The molecule has 0 aliphatic carbocycles. The zero-order chi connectivity index (χ0) is 17.2. The Labute approximate surface area is 151 Å². The predicted octanol–water partition coefficient (Wildman–Crippen LogP) is 4.63. The van der Waals surface area contributed by atoms with E-state index in [1.165, 1.54) is 0 Å². The van der Waals surface area contributed by atoms with Crippen LogP contribution >= 0.6 is 11.6 Å². The molecular formula is C19H19ClN4O. The molecule has 5 nitrogen and oxygen atoms in total. The second-order valence-corrected chi connectivity index (χ2v) is 6.78. The van der Waals surface area contributed by atoms with Crippen molar-refractivity contribution < 1.29 is 4.79 Å². The number of fused-ring (bicyclic) bond motifs is 1. The smallest absolute Gasteiger partial charge is 0.321 e. The minimum Gasteiger partial charge on any atom is -0.342 e. The molecule has 2 heterocycles. The van der Waals surface area contributed by atoms with Crippen LogP contribution < -0.4 is 5.32 Å². The number of rotatable bonds is 2. The molecule has 0 radical (unpaired) electrons. The summed E-state index contributed by atoms with van der Waals surface area (Å²) in [5, 5.41) is 3.65. The van der Waals surface area contributed by atoms with Crippen LogP contribution in [0.5, 0.6) is 0 Å². The summed E-state index contributed by atoms with van der Waals surface area (Å²) in [6.07, 6.45) is 1.80. The molecule has 0 atom stereocenters. The van der Waals surface area contributed by atoms with Gasteiger partial charge in [0.1, 0.15) is 5.82 Å². The molecule has 2 amide bonds. The number of nitrogens with zero attached hydrogens (tertiary/aromatic N) is 2. The third-order valence-electron chi connectivity index (χ3n) is 4.66. The first-order chi connectivity index (χ1) is 12.2. The number of amides is 2. The van der Waals surface area contributed by atoms with Gasteiger partial charge in [-0.3, -0.25) is 0 Å². The molecule has 6 heteroatoms. The van der Waals surface area contributed by atoms with Crippen LogP contribution in [-0.2, 0) is 0 Å². The number of halogens is 1. The number of piperidine rings is 1. The molecule has 128 valence electrons. The zero-order valence-electron chi connectivity index (χ0n) is 13.7. The van der Waals surface area contributed by atoms with E-state index in [9.17, 15) is 4.79 Å². The molecule has 3 aromatic rings. The summed E-state index contributed by atoms with van der Waals surface area (Å²) in [6.45, 7) is 1.45. The van der Waals surface area contributed by atoms with Crippen molar-refractivity contribution in [3.05, 3.63) is 59.4 Å². The van der Waals surface area contributed by atoms with Gasteiger partial charge in [0, 0.05) is 29.7 Å². The SMILES string of the molecule is O=C(Nc1ccccc1)N1CCC(c2nc3ccc(Cl)cc3[nH]2)CC1. The number of aromatic nitrogens is 2. The van der Waals surface area contributed by atoms with E-state index < -0.39 is 0 Å². The van der Waals surface area contributed by atoms with E-state index >= 15 is 0 Å². The normalized spacial score (nSPS) is 15.5. The molecule has 1 aromatic heterocycles. The first-order valence-electron chi connectivity index (χ1n) is 8.45. The number of hydrogen-bond acceptors (Lipinski definition) is 2. The van der Waals surface area contributed by atoms with Gasteiger partial charge < -0.3 is 15.2 Å². The summed E-state index contributed by atoms with van der Waals surface area (Å²) in [6, 6.07) is 15.2. The molecule has 0 spiro atoms. The van der Waals surface area contributed by atoms with Gasteiger partial charge in [-0.05, 0) is 43.2 Å². The summed E-state index contributed by atoms with van der Waals surface area (Å²) in [7, 11) is 0. The number of urea groups is 1. The minimum absolute atomic E-state index is 0.0407. The lowest BCUT2D eigenvalue weighted by Gasteiger charge is -2.31. The van der Waals surface area contributed by atoms with Crippen molar-refractivity contribution in [3.8, 4) is 0 Å². The van der Waals surface area contributed by atoms with Crippen molar-refractivity contribution in [2.45, 2.75) is 18.8 Å². The van der Waals surface area contributed by atoms with Crippen LogP contribution in [0.2, 0.25) is 5.02 Å². The number of para-hydroxylation sites is 1. The number of carbonyl (C=O) groups is 1. The van der Waals surface area contributed by atoms with E-state index in [4.69, 9.17) is 11.6 Å². The van der Waals surface area contributed by atoms with Crippen molar-refractivity contribution >= 4 is 34.4 Å². The molecule has 1 aliphatic heterocycles. The number of aromatic amines is 1. The fraction of sp³-hybridized carbons (Fsp3) is 0.263. The Bertz CT molecular complexity index is 885. The van der Waals surface area contributed by atoms with Gasteiger partial charge >= 0.3 is 6.03 Å². The summed E-state index contributed by atoms with van der Waals surface area (Å²) >= 11 is 6.04. The number of benzene rings is 2. The van der Waals surface area contributed by atoms with E-state index in [1.807, 2.05) is 53.4 Å². The van der Waals surface area contributed by atoms with E-state index in [0.29, 0.717) is 10.9 Å². The topological polar surface area (TPSA) is 61.0 Å². The number of likely N-dealkylation sites (tertiary alicyclic amines) is 1. The molecule has 0 saturated carbocycles. The first-order valence-corrected chi connectivity index (χ1v) is 8.83. The molecule has 2 aromatic carbocycles. The van der Waals surface area contributed by atoms with E-state index in [0.717, 1.165) is 48.5 Å². The Morgan fingerprint density at radius 1 is 1.16 bits per heavy atom. The highest BCUT2D eigenvalue weighted by Crippen LogP contribution is 2.28. The van der Waals surface area contributed by atoms with Gasteiger partial charge in [0.2, 0.25) is 0 Å². The third-order valence-corrected chi connectivity index (χ3v) is 4.89. The quantitative estimate of drug-likeness (QED) is 0.705. The number of hydrogen-bond donors (Lipinski definition) is 2. The molecule has 4 rings (SSSR count). The maximum atomic E-state index is 12.4. The summed E-state index contributed by atoms with van der Waals surface area (Å²) in [5.41, 5.74) is 2.72. The van der Waals surface area contributed by atoms with Gasteiger partial charge in [0.05, 0.1) is 11.0 Å². The number of nitrogens with one attached hydrogen (secondary N) is 2. The molecule has 1 fully saturated rings. The molecule has 0 unspecified atom stereocenters. The van der Waals surface area contributed by atoms with Crippen molar-refractivity contribution in [2.75, 3.05) is 18.4 Å². The maximum absolute atomic E-state index is 12.4. The number of anilines is 1. The highest BCUT2D eigenvalue weighted by atomic mass is 35.5. The van der Waals surface area contributed by atoms with Crippen LogP contribution in [0.25, 0.3) is 11.0 Å². The van der Waals surface area contributed by atoms with Crippen molar-refractivity contribution in [2.24, 2.45) is 0 Å². The van der Waals surface area contributed by atoms with Gasteiger partial charge in [-0.25, -0.2) is 9.78 Å². The Morgan fingerprint density at radius 2 is 1.92 bits per heavy atom. The summed E-state index contributed by atoms with van der Waals surface area (Å²) in [4.78, 5) is 22.3. The molecular weight excluding hydrogens is 336 g/mol. The molecule has 25 heavy (non-hydrogen) atoms. The van der Waals surface area contributed by atoms with Gasteiger partial charge in [0.25, 0.3) is 0 Å². The Balaban J connectivity index is 1.39. The third kappa shape index (κ3) is 3.46. The van der Waals surface area contributed by atoms with E-state index in [-0.39, 0.29) is 6.03 Å². The minimum atomic E-state index is -0.0407. The average molecular weight is 355 g/mol. The second kappa shape index (κ2) is 6.76. The van der Waals surface area contributed by atoms with E-state index in [1.54, 1.807) is 0 Å². The standard InChI is InChI=1S/C19H19ClN4O/c20-14-6-7-16-17(12-14)23-18(22-16)13-8-10-24(11-9-13)19(25)21-15-4-2-1-3-5-15/h1-7,12-13H,8-11H2,(H,21,25)(H,22,23). The Morgan fingerprint density at radius 3 is 2.68 bits per heavy atom. The lowest BCUT2D eigenvalue weighted by atomic mass is 9.96.